The van der Waals surface area contributed by atoms with Crippen LogP contribution in [0.5, 0.6) is 0 Å². The number of nitrogens with zero attached hydrogens (tertiary/aromatic N) is 2. The van der Waals surface area contributed by atoms with Crippen LogP contribution in [0.2, 0.25) is 0 Å². The minimum Gasteiger partial charge on any atom is -0.395 e. The number of carbonyl (C=O) groups excluding carboxylic acids is 1. The SMILES string of the molecule is N#Cc1ccc(NC2CCCN(CCO)C2=O)c(F)c1. The maximum atomic E-state index is 13.8. The van der Waals surface area contributed by atoms with E-state index in [0.29, 0.717) is 19.5 Å². The lowest BCUT2D eigenvalue weighted by atomic mass is 10.0. The fourth-order valence-corrected chi connectivity index (χ4v) is 2.31. The summed E-state index contributed by atoms with van der Waals surface area (Å²) in [5, 5.41) is 20.5. The van der Waals surface area contributed by atoms with Gasteiger partial charge in [0.2, 0.25) is 5.91 Å². The van der Waals surface area contributed by atoms with Gasteiger partial charge in [-0.1, -0.05) is 0 Å². The number of aliphatic hydroxyl groups is 1. The number of hydrogen-bond acceptors (Lipinski definition) is 4. The number of nitrogens with one attached hydrogen (secondary N) is 1. The lowest BCUT2D eigenvalue weighted by Gasteiger charge is -2.32. The molecule has 1 atom stereocenters. The van der Waals surface area contributed by atoms with E-state index in [1.807, 2.05) is 6.07 Å². The van der Waals surface area contributed by atoms with Gasteiger partial charge in [0.25, 0.3) is 0 Å². The molecule has 0 spiro atoms. The van der Waals surface area contributed by atoms with Crippen molar-refractivity contribution in [3.63, 3.8) is 0 Å². The molecule has 1 aromatic carbocycles. The molecule has 2 N–H and O–H groups in total. The zero-order chi connectivity index (χ0) is 14.5. The molecule has 6 heteroatoms. The molecule has 0 saturated carbocycles. The average Bonchev–Trinajstić information content (AvgIpc) is 2.45. The number of carbonyl (C=O) groups is 1. The van der Waals surface area contributed by atoms with E-state index in [4.69, 9.17) is 10.4 Å². The summed E-state index contributed by atoms with van der Waals surface area (Å²) < 4.78 is 13.8. The average molecular weight is 277 g/mol. The number of piperidine rings is 1. The Balaban J connectivity index is 2.09. The molecule has 0 bridgehead atoms. The van der Waals surface area contributed by atoms with Gasteiger partial charge in [-0.15, -0.1) is 0 Å². The molecule has 1 fully saturated rings. The standard InChI is InChI=1S/C14H16FN3O2/c15-11-8-10(9-16)3-4-12(11)17-13-2-1-5-18(6-7-19)14(13)20/h3-4,8,13,17,19H,1-2,5-7H2. The Morgan fingerprint density at radius 3 is 3.00 bits per heavy atom. The third-order valence-corrected chi connectivity index (χ3v) is 3.33. The molecule has 1 aromatic rings. The number of benzene rings is 1. The van der Waals surface area contributed by atoms with Crippen LogP contribution in [0.3, 0.4) is 0 Å². The zero-order valence-corrected chi connectivity index (χ0v) is 11.0. The predicted octanol–water partition coefficient (Wildman–Crippen LogP) is 1.09. The molecular formula is C14H16FN3O2. The third-order valence-electron chi connectivity index (χ3n) is 3.33. The lowest BCUT2D eigenvalue weighted by molar-refractivity contribution is -0.134. The van der Waals surface area contributed by atoms with Gasteiger partial charge in [-0.25, -0.2) is 4.39 Å². The van der Waals surface area contributed by atoms with Crippen molar-refractivity contribution in [1.29, 1.82) is 5.26 Å². The van der Waals surface area contributed by atoms with E-state index in [2.05, 4.69) is 5.32 Å². The van der Waals surface area contributed by atoms with Gasteiger partial charge >= 0.3 is 0 Å². The summed E-state index contributed by atoms with van der Waals surface area (Å²) in [5.41, 5.74) is 0.457. The number of aliphatic hydroxyl groups excluding tert-OH is 1. The van der Waals surface area contributed by atoms with Crippen molar-refractivity contribution in [2.75, 3.05) is 25.0 Å². The van der Waals surface area contributed by atoms with Crippen LogP contribution in [0, 0.1) is 17.1 Å². The Bertz CT molecular complexity index is 540. The summed E-state index contributed by atoms with van der Waals surface area (Å²) in [6.07, 6.45) is 1.43. The fraction of sp³-hybridized carbons (Fsp3) is 0.429. The number of amides is 1. The van der Waals surface area contributed by atoms with Crippen molar-refractivity contribution in [3.05, 3.63) is 29.6 Å². The van der Waals surface area contributed by atoms with Crippen LogP contribution in [-0.2, 0) is 4.79 Å². The molecular weight excluding hydrogens is 261 g/mol. The first-order valence-corrected chi connectivity index (χ1v) is 6.51. The molecule has 1 saturated heterocycles. The van der Waals surface area contributed by atoms with Crippen LogP contribution in [0.4, 0.5) is 10.1 Å². The summed E-state index contributed by atoms with van der Waals surface area (Å²) in [6.45, 7) is 0.837. The van der Waals surface area contributed by atoms with Crippen molar-refractivity contribution in [3.8, 4) is 6.07 Å². The van der Waals surface area contributed by atoms with Gasteiger partial charge in [-0.2, -0.15) is 5.26 Å². The Morgan fingerprint density at radius 1 is 1.55 bits per heavy atom. The van der Waals surface area contributed by atoms with Crippen LogP contribution in [0.15, 0.2) is 18.2 Å². The largest absolute Gasteiger partial charge is 0.395 e. The van der Waals surface area contributed by atoms with Crippen LogP contribution in [0.25, 0.3) is 0 Å². The van der Waals surface area contributed by atoms with E-state index in [0.717, 1.165) is 12.5 Å². The second-order valence-electron chi connectivity index (χ2n) is 4.69. The van der Waals surface area contributed by atoms with Gasteiger partial charge in [0.05, 0.1) is 23.9 Å². The van der Waals surface area contributed by atoms with Gasteiger partial charge in [0, 0.05) is 13.1 Å². The highest BCUT2D eigenvalue weighted by Crippen LogP contribution is 2.20. The van der Waals surface area contributed by atoms with Gasteiger partial charge < -0.3 is 15.3 Å². The van der Waals surface area contributed by atoms with E-state index < -0.39 is 11.9 Å². The zero-order valence-electron chi connectivity index (χ0n) is 11.0. The normalized spacial score (nSPS) is 18.8. The number of rotatable bonds is 4. The van der Waals surface area contributed by atoms with Crippen LogP contribution < -0.4 is 5.32 Å². The number of β-amino-alcohol motifs (C(OH)–C–C–N with tert-alkyl or cyclic N) is 1. The van der Waals surface area contributed by atoms with E-state index in [1.165, 1.54) is 12.1 Å². The first-order chi connectivity index (χ1) is 9.65. The van der Waals surface area contributed by atoms with Crippen LogP contribution >= 0.6 is 0 Å². The molecule has 20 heavy (non-hydrogen) atoms. The number of nitriles is 1. The van der Waals surface area contributed by atoms with Gasteiger partial charge in [0.1, 0.15) is 11.9 Å². The summed E-state index contributed by atoms with van der Waals surface area (Å²) in [5.74, 6) is -0.676. The van der Waals surface area contributed by atoms with Crippen molar-refractivity contribution in [2.24, 2.45) is 0 Å². The van der Waals surface area contributed by atoms with E-state index in [9.17, 15) is 9.18 Å². The molecule has 1 heterocycles. The highest BCUT2D eigenvalue weighted by molar-refractivity contribution is 5.85. The number of hydrogen-bond donors (Lipinski definition) is 2. The quantitative estimate of drug-likeness (QED) is 0.864. The minimum atomic E-state index is -0.545. The van der Waals surface area contributed by atoms with E-state index >= 15 is 0 Å². The van der Waals surface area contributed by atoms with Crippen molar-refractivity contribution in [2.45, 2.75) is 18.9 Å². The second-order valence-corrected chi connectivity index (χ2v) is 4.69. The summed E-state index contributed by atoms with van der Waals surface area (Å²) in [6, 6.07) is 5.48. The molecule has 106 valence electrons. The Morgan fingerprint density at radius 2 is 2.35 bits per heavy atom. The molecule has 0 aliphatic carbocycles. The Labute approximate surface area is 116 Å². The predicted molar refractivity (Wildman–Crippen MR) is 71.4 cm³/mol. The smallest absolute Gasteiger partial charge is 0.245 e. The molecule has 0 aromatic heterocycles. The van der Waals surface area contributed by atoms with Gasteiger partial charge in [-0.05, 0) is 31.0 Å². The molecule has 1 aliphatic rings. The van der Waals surface area contributed by atoms with Crippen LogP contribution in [0.1, 0.15) is 18.4 Å². The number of halogens is 1. The molecule has 5 nitrogen and oxygen atoms in total. The Hall–Kier alpha value is -2.13. The lowest BCUT2D eigenvalue weighted by Crippen LogP contribution is -2.48. The fourth-order valence-electron chi connectivity index (χ4n) is 2.31. The maximum absolute atomic E-state index is 13.8. The minimum absolute atomic E-state index is 0.0797. The molecule has 0 radical (unpaired) electrons. The number of anilines is 1. The second kappa shape index (κ2) is 6.35. The molecule has 1 unspecified atom stereocenters. The van der Waals surface area contributed by atoms with Crippen molar-refractivity contribution in [1.82, 2.24) is 4.90 Å². The van der Waals surface area contributed by atoms with Gasteiger partial charge in [-0.3, -0.25) is 4.79 Å². The van der Waals surface area contributed by atoms with Crippen molar-refractivity contribution >= 4 is 11.6 Å². The first kappa shape index (κ1) is 14.3. The Kier molecular flexibility index (Phi) is 4.53. The summed E-state index contributed by atoms with van der Waals surface area (Å²) in [4.78, 5) is 13.7. The number of likely N-dealkylation sites (tertiary alicyclic amines) is 1. The summed E-state index contributed by atoms with van der Waals surface area (Å²) >= 11 is 0. The van der Waals surface area contributed by atoms with E-state index in [-0.39, 0.29) is 23.8 Å². The van der Waals surface area contributed by atoms with Crippen molar-refractivity contribution < 1.29 is 14.3 Å². The topological polar surface area (TPSA) is 76.4 Å². The molecule has 2 rings (SSSR count). The highest BCUT2D eigenvalue weighted by atomic mass is 19.1. The third kappa shape index (κ3) is 3.06. The highest BCUT2D eigenvalue weighted by Gasteiger charge is 2.28. The van der Waals surface area contributed by atoms with E-state index in [1.54, 1.807) is 4.90 Å². The van der Waals surface area contributed by atoms with Gasteiger partial charge in [0.15, 0.2) is 0 Å². The molecule has 1 amide bonds. The molecule has 1 aliphatic heterocycles. The maximum Gasteiger partial charge on any atom is 0.245 e. The first-order valence-electron chi connectivity index (χ1n) is 6.51. The monoisotopic (exact) mass is 277 g/mol. The summed E-state index contributed by atoms with van der Waals surface area (Å²) in [7, 11) is 0. The van der Waals surface area contributed by atoms with Crippen LogP contribution in [-0.4, -0.2) is 41.7 Å².